The molecule has 3 aromatic rings. The number of amides is 1. The van der Waals surface area contributed by atoms with Crippen molar-refractivity contribution in [1.82, 2.24) is 15.3 Å². The Hall–Kier alpha value is -3.23. The van der Waals surface area contributed by atoms with E-state index < -0.39 is 29.9 Å². The summed E-state index contributed by atoms with van der Waals surface area (Å²) in [4.78, 5) is 29.2. The minimum absolute atomic E-state index is 0.115. The number of benzene rings is 2. The number of carbonyl (C=O) groups excluding carboxylic acids is 1. The molecule has 0 bridgehead atoms. The normalized spacial score (nSPS) is 11.5. The number of para-hydroxylation sites is 1. The summed E-state index contributed by atoms with van der Waals surface area (Å²) < 4.78 is 38.7. The van der Waals surface area contributed by atoms with Crippen molar-refractivity contribution in [2.45, 2.75) is 12.7 Å². The number of aromatic amines is 1. The highest BCUT2D eigenvalue weighted by atomic mass is 19.4. The Balaban J connectivity index is 1.72. The molecule has 1 amide bonds. The number of aromatic nitrogens is 2. The van der Waals surface area contributed by atoms with E-state index in [2.05, 4.69) is 10.4 Å². The molecule has 0 saturated carbocycles. The van der Waals surface area contributed by atoms with Crippen LogP contribution in [0.4, 0.5) is 18.0 Å². The molecule has 0 aliphatic rings. The number of halogens is 3. The van der Waals surface area contributed by atoms with Crippen molar-refractivity contribution in [3.63, 3.8) is 0 Å². The lowest BCUT2D eigenvalue weighted by atomic mass is 10.1. The molecule has 0 unspecified atom stereocenters. The van der Waals surface area contributed by atoms with Gasteiger partial charge in [-0.25, -0.2) is 4.79 Å². The lowest BCUT2D eigenvalue weighted by molar-refractivity contribution is -0.138. The number of nitrogens with zero attached hydrogens (tertiary/aromatic N) is 1. The predicted molar refractivity (Wildman–Crippen MR) is 82.8 cm³/mol. The maximum atomic E-state index is 12.9. The Morgan fingerprint density at radius 3 is 2.52 bits per heavy atom. The van der Waals surface area contributed by atoms with Crippen LogP contribution in [0.15, 0.2) is 53.3 Å². The Morgan fingerprint density at radius 1 is 1.12 bits per heavy atom. The largest absolute Gasteiger partial charge is 0.433 e. The number of carbonyl (C=O) groups is 1. The van der Waals surface area contributed by atoms with Crippen molar-refractivity contribution in [2.24, 2.45) is 0 Å². The number of rotatable bonds is 3. The lowest BCUT2D eigenvalue weighted by Gasteiger charge is -2.13. The zero-order chi connectivity index (χ0) is 18.0. The van der Waals surface area contributed by atoms with E-state index in [-0.39, 0.29) is 5.56 Å². The second-order valence-electron chi connectivity index (χ2n) is 5.14. The van der Waals surface area contributed by atoms with Gasteiger partial charge in [-0.3, -0.25) is 14.7 Å². The fraction of sp³-hybridized carbons (Fsp3) is 0.125. The van der Waals surface area contributed by atoms with E-state index in [1.807, 2.05) is 0 Å². The van der Waals surface area contributed by atoms with E-state index in [4.69, 9.17) is 4.84 Å². The summed E-state index contributed by atoms with van der Waals surface area (Å²) in [7, 11) is 0. The first-order valence-corrected chi connectivity index (χ1v) is 7.17. The highest BCUT2D eigenvalue weighted by molar-refractivity contribution is 5.77. The van der Waals surface area contributed by atoms with Gasteiger partial charge in [0.1, 0.15) is 0 Å². The Morgan fingerprint density at radius 2 is 1.80 bits per heavy atom. The topological polar surface area (TPSA) is 76.1 Å². The maximum Gasteiger partial charge on any atom is 0.433 e. The monoisotopic (exact) mass is 351 g/mol. The molecule has 0 spiro atoms. The molecule has 1 heterocycles. The number of hydrogen-bond donors (Lipinski definition) is 2. The number of H-pyrrole nitrogens is 1. The molecule has 0 atom stereocenters. The molecule has 2 N–H and O–H groups in total. The smallest absolute Gasteiger partial charge is 0.315 e. The summed E-state index contributed by atoms with van der Waals surface area (Å²) in [6.45, 7) is -0.399. The molecular weight excluding hydrogens is 339 g/mol. The zero-order valence-electron chi connectivity index (χ0n) is 12.6. The van der Waals surface area contributed by atoms with Crippen LogP contribution in [0.3, 0.4) is 0 Å². The standard InChI is InChI=1S/C16H12F3N3O3/c17-16(18,19)12-7-3-1-5-10(12)9-20-15(24)25-22-14(23)11-6-2-4-8-13(11)21-22/h1-8,21H,9H2,(H,20,24). The van der Waals surface area contributed by atoms with Crippen LogP contribution in [0.1, 0.15) is 11.1 Å². The van der Waals surface area contributed by atoms with E-state index in [0.717, 1.165) is 6.07 Å². The van der Waals surface area contributed by atoms with Gasteiger partial charge in [-0.05, 0) is 23.8 Å². The minimum atomic E-state index is -4.53. The zero-order valence-corrected chi connectivity index (χ0v) is 12.6. The Labute approximate surface area is 138 Å². The van der Waals surface area contributed by atoms with Crippen molar-refractivity contribution < 1.29 is 22.8 Å². The molecule has 0 aliphatic carbocycles. The third kappa shape index (κ3) is 3.49. The average Bonchev–Trinajstić information content (AvgIpc) is 2.89. The van der Waals surface area contributed by atoms with Crippen LogP contribution in [0.5, 0.6) is 0 Å². The van der Waals surface area contributed by atoms with Crippen LogP contribution in [0, 0.1) is 0 Å². The van der Waals surface area contributed by atoms with Crippen molar-refractivity contribution in [1.29, 1.82) is 0 Å². The number of alkyl halides is 3. The second-order valence-corrected chi connectivity index (χ2v) is 5.14. The second kappa shape index (κ2) is 6.34. The molecule has 0 saturated heterocycles. The molecule has 0 aliphatic heterocycles. The summed E-state index contributed by atoms with van der Waals surface area (Å²) in [5.41, 5.74) is -1.09. The van der Waals surface area contributed by atoms with Crippen LogP contribution in [-0.2, 0) is 12.7 Å². The van der Waals surface area contributed by atoms with Crippen molar-refractivity contribution >= 4 is 17.0 Å². The molecule has 3 rings (SSSR count). The van der Waals surface area contributed by atoms with Gasteiger partial charge in [0.05, 0.1) is 16.5 Å². The maximum absolute atomic E-state index is 12.9. The van der Waals surface area contributed by atoms with Crippen LogP contribution < -0.4 is 15.7 Å². The average molecular weight is 351 g/mol. The molecule has 0 radical (unpaired) electrons. The number of nitrogens with one attached hydrogen (secondary N) is 2. The van der Waals surface area contributed by atoms with Crippen molar-refractivity contribution in [3.05, 3.63) is 70.0 Å². The van der Waals surface area contributed by atoms with Crippen LogP contribution in [-0.4, -0.2) is 16.0 Å². The minimum Gasteiger partial charge on any atom is -0.315 e. The van der Waals surface area contributed by atoms with Gasteiger partial charge >= 0.3 is 17.8 Å². The van der Waals surface area contributed by atoms with Gasteiger partial charge < -0.3 is 5.32 Å². The highest BCUT2D eigenvalue weighted by Gasteiger charge is 2.32. The molecule has 6 nitrogen and oxygen atoms in total. The van der Waals surface area contributed by atoms with E-state index in [9.17, 15) is 22.8 Å². The molecule has 1 aromatic heterocycles. The summed E-state index contributed by atoms with van der Waals surface area (Å²) in [5.74, 6) is 0. The third-order valence-electron chi connectivity index (χ3n) is 3.48. The Bertz CT molecular complexity index is 976. The molecule has 9 heteroatoms. The molecular formula is C16H12F3N3O3. The van der Waals surface area contributed by atoms with E-state index >= 15 is 0 Å². The first kappa shape index (κ1) is 16.6. The van der Waals surface area contributed by atoms with Crippen LogP contribution in [0.2, 0.25) is 0 Å². The van der Waals surface area contributed by atoms with Gasteiger partial charge in [-0.15, -0.1) is 0 Å². The van der Waals surface area contributed by atoms with E-state index in [1.165, 1.54) is 18.2 Å². The van der Waals surface area contributed by atoms with E-state index in [0.29, 0.717) is 15.7 Å². The van der Waals surface area contributed by atoms with Gasteiger partial charge in [-0.1, -0.05) is 35.2 Å². The predicted octanol–water partition coefficient (Wildman–Crippen LogP) is 2.69. The summed E-state index contributed by atoms with van der Waals surface area (Å²) in [6, 6.07) is 11.4. The highest BCUT2D eigenvalue weighted by Crippen LogP contribution is 2.31. The summed E-state index contributed by atoms with van der Waals surface area (Å²) in [5, 5.41) is 5.08. The van der Waals surface area contributed by atoms with Gasteiger partial charge in [-0.2, -0.15) is 13.2 Å². The molecule has 25 heavy (non-hydrogen) atoms. The summed E-state index contributed by atoms with van der Waals surface area (Å²) >= 11 is 0. The summed E-state index contributed by atoms with van der Waals surface area (Å²) in [6.07, 6.45) is -5.60. The van der Waals surface area contributed by atoms with Crippen molar-refractivity contribution in [2.75, 3.05) is 0 Å². The van der Waals surface area contributed by atoms with Crippen LogP contribution >= 0.6 is 0 Å². The van der Waals surface area contributed by atoms with Gasteiger partial charge in [0, 0.05) is 6.54 Å². The van der Waals surface area contributed by atoms with Gasteiger partial charge in [0.25, 0.3) is 0 Å². The van der Waals surface area contributed by atoms with Crippen molar-refractivity contribution in [3.8, 4) is 0 Å². The van der Waals surface area contributed by atoms with Crippen LogP contribution in [0.25, 0.3) is 10.9 Å². The SMILES string of the molecule is O=C(NCc1ccccc1C(F)(F)F)On1[nH]c2ccccc2c1=O. The molecule has 0 fully saturated rings. The fourth-order valence-corrected chi connectivity index (χ4v) is 2.33. The fourth-order valence-electron chi connectivity index (χ4n) is 2.33. The first-order valence-electron chi connectivity index (χ1n) is 7.17. The first-order chi connectivity index (χ1) is 11.9. The molecule has 130 valence electrons. The molecule has 2 aromatic carbocycles. The Kier molecular flexibility index (Phi) is 4.22. The lowest BCUT2D eigenvalue weighted by Crippen LogP contribution is -2.36. The third-order valence-corrected chi connectivity index (χ3v) is 3.48. The van der Waals surface area contributed by atoms with E-state index in [1.54, 1.807) is 24.3 Å². The number of fused-ring (bicyclic) bond motifs is 1. The van der Waals surface area contributed by atoms with Gasteiger partial charge in [0.2, 0.25) is 0 Å². The number of hydrogen-bond acceptors (Lipinski definition) is 3. The van der Waals surface area contributed by atoms with Gasteiger partial charge in [0.15, 0.2) is 0 Å². The quantitative estimate of drug-likeness (QED) is 0.762.